The number of nitrogens with one attached hydrogen (secondary N) is 1. The molecule has 0 amide bonds. The van der Waals surface area contributed by atoms with Gasteiger partial charge in [-0.05, 0) is 25.5 Å². The van der Waals surface area contributed by atoms with E-state index in [4.69, 9.17) is 10.1 Å². The minimum Gasteiger partial charge on any atom is -0.482 e. The van der Waals surface area contributed by atoms with Gasteiger partial charge >= 0.3 is 0 Å². The first kappa shape index (κ1) is 11.0. The van der Waals surface area contributed by atoms with E-state index >= 15 is 0 Å². The molecule has 1 aliphatic heterocycles. The molecule has 1 atom stereocenters. The van der Waals surface area contributed by atoms with Gasteiger partial charge in [-0.25, -0.2) is 0 Å². The number of likely N-dealkylation sites (N-methyl/N-ethyl adjacent to an activating group) is 1. The van der Waals surface area contributed by atoms with E-state index in [0.717, 1.165) is 25.3 Å². The average Bonchev–Trinajstić information content (AvgIpc) is 2.74. The highest BCUT2D eigenvalue weighted by Crippen LogP contribution is 2.28. The summed E-state index contributed by atoms with van der Waals surface area (Å²) in [7, 11) is 0. The summed E-state index contributed by atoms with van der Waals surface area (Å²) in [5, 5.41) is 8.12. The Hall–Kier alpha value is -1.51. The lowest BCUT2D eigenvalue weighted by Gasteiger charge is -2.25. The van der Waals surface area contributed by atoms with Crippen molar-refractivity contribution in [2.75, 3.05) is 13.1 Å². The van der Waals surface area contributed by atoms with Crippen LogP contribution in [0.1, 0.15) is 19.4 Å². The molecule has 0 bridgehead atoms. The van der Waals surface area contributed by atoms with Gasteiger partial charge in [0.05, 0.1) is 0 Å². The van der Waals surface area contributed by atoms with Gasteiger partial charge in [-0.1, -0.05) is 18.2 Å². The quantitative estimate of drug-likeness (QED) is 0.624. The number of amidine groups is 1. The third-order valence-corrected chi connectivity index (χ3v) is 3.06. The molecule has 0 fully saturated rings. The van der Waals surface area contributed by atoms with Gasteiger partial charge in [0.15, 0.2) is 6.10 Å². The Morgan fingerprint density at radius 2 is 2.06 bits per heavy atom. The smallest absolute Gasteiger partial charge is 0.159 e. The van der Waals surface area contributed by atoms with E-state index in [1.165, 1.54) is 5.56 Å². The Bertz CT molecular complexity index is 360. The van der Waals surface area contributed by atoms with E-state index < -0.39 is 0 Å². The van der Waals surface area contributed by atoms with Crippen molar-refractivity contribution in [3.05, 3.63) is 29.8 Å². The molecule has 0 radical (unpaired) electrons. The van der Waals surface area contributed by atoms with E-state index in [9.17, 15) is 0 Å². The minimum absolute atomic E-state index is 0.0997. The number of benzene rings is 1. The number of nitrogens with zero attached hydrogens (tertiary/aromatic N) is 1. The average molecular weight is 218 g/mol. The third-order valence-electron chi connectivity index (χ3n) is 3.06. The van der Waals surface area contributed by atoms with E-state index in [1.807, 2.05) is 23.1 Å². The van der Waals surface area contributed by atoms with Crippen molar-refractivity contribution >= 4 is 5.84 Å². The fourth-order valence-corrected chi connectivity index (χ4v) is 2.10. The maximum absolute atomic E-state index is 8.12. The summed E-state index contributed by atoms with van der Waals surface area (Å²) in [6.07, 6.45) is 0.725. The van der Waals surface area contributed by atoms with Crippen LogP contribution in [0.5, 0.6) is 5.75 Å². The van der Waals surface area contributed by atoms with Crippen LogP contribution in [-0.2, 0) is 6.42 Å². The Morgan fingerprint density at radius 3 is 2.69 bits per heavy atom. The van der Waals surface area contributed by atoms with Crippen LogP contribution in [0.2, 0.25) is 0 Å². The van der Waals surface area contributed by atoms with Gasteiger partial charge in [-0.15, -0.1) is 0 Å². The van der Waals surface area contributed by atoms with Gasteiger partial charge in [0.25, 0.3) is 0 Å². The zero-order chi connectivity index (χ0) is 11.5. The van der Waals surface area contributed by atoms with Gasteiger partial charge in [-0.2, -0.15) is 0 Å². The highest BCUT2D eigenvalue weighted by Gasteiger charge is 2.28. The van der Waals surface area contributed by atoms with Gasteiger partial charge in [-0.3, -0.25) is 5.41 Å². The summed E-state index contributed by atoms with van der Waals surface area (Å²) in [5.41, 5.74) is 1.21. The molecular formula is C13H18N2O. The van der Waals surface area contributed by atoms with E-state index in [2.05, 4.69) is 19.9 Å². The van der Waals surface area contributed by atoms with Crippen LogP contribution in [0, 0.1) is 5.41 Å². The Morgan fingerprint density at radius 1 is 1.38 bits per heavy atom. The number of ether oxygens (including phenoxy) is 1. The first-order chi connectivity index (χ1) is 7.76. The molecule has 2 rings (SSSR count). The molecule has 16 heavy (non-hydrogen) atoms. The first-order valence-electron chi connectivity index (χ1n) is 5.84. The molecule has 0 aliphatic carbocycles. The molecule has 1 unspecified atom stereocenters. The number of rotatable bonds is 3. The van der Waals surface area contributed by atoms with Crippen molar-refractivity contribution in [2.45, 2.75) is 26.4 Å². The Balaban J connectivity index is 2.08. The Labute approximate surface area is 96.5 Å². The van der Waals surface area contributed by atoms with Crippen LogP contribution in [-0.4, -0.2) is 29.9 Å². The molecule has 1 heterocycles. The predicted octanol–water partition coefficient (Wildman–Crippen LogP) is 2.31. The first-order valence-corrected chi connectivity index (χ1v) is 5.84. The van der Waals surface area contributed by atoms with Gasteiger partial charge < -0.3 is 9.64 Å². The molecule has 1 aliphatic rings. The van der Waals surface area contributed by atoms with Gasteiger partial charge in [0.2, 0.25) is 0 Å². The largest absolute Gasteiger partial charge is 0.482 e. The van der Waals surface area contributed by atoms with Crippen molar-refractivity contribution in [3.8, 4) is 5.75 Å². The van der Waals surface area contributed by atoms with Crippen LogP contribution in [0.4, 0.5) is 0 Å². The second-order valence-corrected chi connectivity index (χ2v) is 3.98. The Kier molecular flexibility index (Phi) is 3.13. The van der Waals surface area contributed by atoms with Crippen LogP contribution in [0.25, 0.3) is 0 Å². The zero-order valence-corrected chi connectivity index (χ0v) is 9.86. The molecule has 0 saturated carbocycles. The lowest BCUT2D eigenvalue weighted by Crippen LogP contribution is -2.40. The monoisotopic (exact) mass is 218 g/mol. The zero-order valence-electron chi connectivity index (χ0n) is 9.86. The highest BCUT2D eigenvalue weighted by atomic mass is 16.5. The summed E-state index contributed by atoms with van der Waals surface area (Å²) in [4.78, 5) is 2.04. The van der Waals surface area contributed by atoms with Crippen LogP contribution in [0.15, 0.2) is 24.3 Å². The second-order valence-electron chi connectivity index (χ2n) is 3.98. The fourth-order valence-electron chi connectivity index (χ4n) is 2.10. The van der Waals surface area contributed by atoms with Crippen LogP contribution >= 0.6 is 0 Å². The maximum Gasteiger partial charge on any atom is 0.159 e. The number of fused-ring (bicyclic) bond motifs is 1. The van der Waals surface area contributed by atoms with E-state index in [1.54, 1.807) is 0 Å². The maximum atomic E-state index is 8.12. The van der Waals surface area contributed by atoms with Crippen molar-refractivity contribution < 1.29 is 4.74 Å². The lowest BCUT2D eigenvalue weighted by atomic mass is 10.1. The van der Waals surface area contributed by atoms with Crippen molar-refractivity contribution in [1.82, 2.24) is 4.90 Å². The molecule has 3 nitrogen and oxygen atoms in total. The summed E-state index contributed by atoms with van der Waals surface area (Å²) >= 11 is 0. The fraction of sp³-hybridized carbons (Fsp3) is 0.462. The van der Waals surface area contributed by atoms with Gasteiger partial charge in [0.1, 0.15) is 11.6 Å². The predicted molar refractivity (Wildman–Crippen MR) is 65.2 cm³/mol. The minimum atomic E-state index is -0.0997. The molecule has 0 spiro atoms. The molecule has 1 aromatic carbocycles. The normalized spacial score (nSPS) is 17.8. The SMILES string of the molecule is CCN(CC)C(=N)C1Cc2ccccc2O1. The summed E-state index contributed by atoms with van der Waals surface area (Å²) < 4.78 is 5.79. The lowest BCUT2D eigenvalue weighted by molar-refractivity contribution is 0.272. The molecule has 1 N–H and O–H groups in total. The molecule has 86 valence electrons. The van der Waals surface area contributed by atoms with E-state index in [-0.39, 0.29) is 6.10 Å². The van der Waals surface area contributed by atoms with E-state index in [0.29, 0.717) is 5.84 Å². The third kappa shape index (κ3) is 1.90. The number of para-hydroxylation sites is 1. The molecular weight excluding hydrogens is 200 g/mol. The number of hydrogen-bond acceptors (Lipinski definition) is 2. The standard InChI is InChI=1S/C13H18N2O/c1-3-15(4-2)13(14)12-9-10-7-5-6-8-11(10)16-12/h5-8,12,14H,3-4,9H2,1-2H3. The molecule has 3 heteroatoms. The van der Waals surface area contributed by atoms with Crippen molar-refractivity contribution in [2.24, 2.45) is 0 Å². The second kappa shape index (κ2) is 4.56. The van der Waals surface area contributed by atoms with Gasteiger partial charge in [0, 0.05) is 19.5 Å². The molecule has 1 aromatic rings. The molecule has 0 aromatic heterocycles. The summed E-state index contributed by atoms with van der Waals surface area (Å²) in [6, 6.07) is 8.05. The van der Waals surface area contributed by atoms with Crippen molar-refractivity contribution in [3.63, 3.8) is 0 Å². The summed E-state index contributed by atoms with van der Waals surface area (Å²) in [5.74, 6) is 1.53. The topological polar surface area (TPSA) is 36.3 Å². The van der Waals surface area contributed by atoms with Crippen LogP contribution in [0.3, 0.4) is 0 Å². The summed E-state index contributed by atoms with van der Waals surface area (Å²) in [6.45, 7) is 5.87. The van der Waals surface area contributed by atoms with Crippen LogP contribution < -0.4 is 4.74 Å². The number of hydrogen-bond donors (Lipinski definition) is 1. The van der Waals surface area contributed by atoms with Crippen molar-refractivity contribution in [1.29, 1.82) is 5.41 Å². The highest BCUT2D eigenvalue weighted by molar-refractivity contribution is 5.85. The molecule has 0 saturated heterocycles.